The molecule has 0 radical (unpaired) electrons. The van der Waals surface area contributed by atoms with Crippen LogP contribution in [-0.4, -0.2) is 16.1 Å². The van der Waals surface area contributed by atoms with Crippen molar-refractivity contribution in [2.45, 2.75) is 19.3 Å². The van der Waals surface area contributed by atoms with E-state index in [0.29, 0.717) is 17.3 Å². The topological polar surface area (TPSA) is 57.8 Å². The third-order valence-corrected chi connectivity index (χ3v) is 3.62. The largest absolute Gasteiger partial charge is 0.309 e. The van der Waals surface area contributed by atoms with E-state index in [-0.39, 0.29) is 11.8 Å². The van der Waals surface area contributed by atoms with Gasteiger partial charge in [-0.25, -0.2) is 0 Å². The maximum atomic E-state index is 11.7. The highest BCUT2D eigenvalue weighted by Gasteiger charge is 2.31. The standard InChI is InChI=1S/C13H12ClN3O/c1-7-12-9(8-4-2-3-5-10(8)14)6-11(18)15-13(12)17-16-7/h2-5,9H,6H2,1H3,(H2,15,16,17,18)/t9-/m1/s1. The number of carbonyl (C=O) groups is 1. The molecule has 1 aromatic heterocycles. The molecule has 0 aliphatic carbocycles. The number of aryl methyl sites for hydroxylation is 1. The first-order valence-electron chi connectivity index (χ1n) is 5.76. The summed E-state index contributed by atoms with van der Waals surface area (Å²) in [7, 11) is 0. The predicted molar refractivity (Wildman–Crippen MR) is 69.9 cm³/mol. The molecule has 2 N–H and O–H groups in total. The fraction of sp³-hybridized carbons (Fsp3) is 0.231. The zero-order chi connectivity index (χ0) is 12.7. The highest BCUT2D eigenvalue weighted by Crippen LogP contribution is 2.40. The lowest BCUT2D eigenvalue weighted by atomic mass is 9.86. The summed E-state index contributed by atoms with van der Waals surface area (Å²) in [5, 5.41) is 10.5. The van der Waals surface area contributed by atoms with Gasteiger partial charge in [-0.3, -0.25) is 9.89 Å². The molecule has 0 spiro atoms. The van der Waals surface area contributed by atoms with Crippen LogP contribution >= 0.6 is 11.6 Å². The molecule has 18 heavy (non-hydrogen) atoms. The highest BCUT2D eigenvalue weighted by atomic mass is 35.5. The molecule has 0 bridgehead atoms. The van der Waals surface area contributed by atoms with Crippen molar-refractivity contribution in [3.05, 3.63) is 46.1 Å². The lowest BCUT2D eigenvalue weighted by molar-refractivity contribution is -0.116. The van der Waals surface area contributed by atoms with Crippen molar-refractivity contribution >= 4 is 23.3 Å². The van der Waals surface area contributed by atoms with E-state index in [1.54, 1.807) is 0 Å². The maximum absolute atomic E-state index is 11.7. The second-order valence-electron chi connectivity index (χ2n) is 4.44. The van der Waals surface area contributed by atoms with Crippen LogP contribution in [0.5, 0.6) is 0 Å². The van der Waals surface area contributed by atoms with Crippen LogP contribution in [0.2, 0.25) is 5.02 Å². The Morgan fingerprint density at radius 3 is 2.94 bits per heavy atom. The number of hydrogen-bond acceptors (Lipinski definition) is 2. The Morgan fingerprint density at radius 2 is 2.17 bits per heavy atom. The van der Waals surface area contributed by atoms with Gasteiger partial charge in [0.05, 0.1) is 0 Å². The van der Waals surface area contributed by atoms with Crippen LogP contribution in [-0.2, 0) is 4.79 Å². The quantitative estimate of drug-likeness (QED) is 0.829. The van der Waals surface area contributed by atoms with E-state index in [9.17, 15) is 4.79 Å². The molecule has 3 rings (SSSR count). The molecule has 1 aliphatic heterocycles. The molecule has 1 aliphatic rings. The number of H-pyrrole nitrogens is 1. The second-order valence-corrected chi connectivity index (χ2v) is 4.84. The van der Waals surface area contributed by atoms with Gasteiger partial charge in [-0.1, -0.05) is 29.8 Å². The molecule has 5 heteroatoms. The van der Waals surface area contributed by atoms with Gasteiger partial charge in [-0.15, -0.1) is 0 Å². The van der Waals surface area contributed by atoms with Gasteiger partial charge in [0, 0.05) is 28.6 Å². The minimum absolute atomic E-state index is 0.0267. The number of amides is 1. The average Bonchev–Trinajstić information content (AvgIpc) is 2.71. The summed E-state index contributed by atoms with van der Waals surface area (Å²) in [5.74, 6) is 0.564. The van der Waals surface area contributed by atoms with Crippen LogP contribution in [0.15, 0.2) is 24.3 Å². The molecule has 1 amide bonds. The molecule has 0 saturated heterocycles. The minimum atomic E-state index is -0.0288. The molecule has 1 atom stereocenters. The number of aromatic nitrogens is 2. The Balaban J connectivity index is 2.16. The molecule has 2 aromatic rings. The third kappa shape index (κ3) is 1.69. The zero-order valence-electron chi connectivity index (χ0n) is 9.83. The Kier molecular flexibility index (Phi) is 2.59. The van der Waals surface area contributed by atoms with Gasteiger partial charge in [0.1, 0.15) is 0 Å². The van der Waals surface area contributed by atoms with Gasteiger partial charge in [0.15, 0.2) is 5.82 Å². The number of halogens is 1. The Bertz CT molecular complexity index is 620. The summed E-state index contributed by atoms with van der Waals surface area (Å²) in [5.41, 5.74) is 2.97. The van der Waals surface area contributed by atoms with Crippen LogP contribution in [0.3, 0.4) is 0 Å². The molecular formula is C13H12ClN3O. The van der Waals surface area contributed by atoms with Crippen molar-refractivity contribution in [3.63, 3.8) is 0 Å². The van der Waals surface area contributed by atoms with Crippen LogP contribution in [0.1, 0.15) is 29.2 Å². The number of benzene rings is 1. The SMILES string of the molecule is Cc1[nH]nc2c1[C@@H](c1ccccc1Cl)CC(=O)N2. The number of nitrogens with one attached hydrogen (secondary N) is 2. The summed E-state index contributed by atoms with van der Waals surface area (Å²) in [6.45, 7) is 1.95. The van der Waals surface area contributed by atoms with E-state index in [0.717, 1.165) is 16.8 Å². The monoisotopic (exact) mass is 261 g/mol. The zero-order valence-corrected chi connectivity index (χ0v) is 10.6. The van der Waals surface area contributed by atoms with Crippen molar-refractivity contribution in [1.29, 1.82) is 0 Å². The first kappa shape index (κ1) is 11.3. The van der Waals surface area contributed by atoms with Crippen LogP contribution < -0.4 is 5.32 Å². The molecule has 4 nitrogen and oxygen atoms in total. The molecule has 0 fully saturated rings. The summed E-state index contributed by atoms with van der Waals surface area (Å²) < 4.78 is 0. The molecule has 0 unspecified atom stereocenters. The Labute approximate surface area is 109 Å². The summed E-state index contributed by atoms with van der Waals surface area (Å²) in [6, 6.07) is 7.63. The van der Waals surface area contributed by atoms with Gasteiger partial charge < -0.3 is 5.32 Å². The fourth-order valence-electron chi connectivity index (χ4n) is 2.45. The number of carbonyl (C=O) groups excluding carboxylic acids is 1. The highest BCUT2D eigenvalue weighted by molar-refractivity contribution is 6.31. The van der Waals surface area contributed by atoms with Gasteiger partial charge in [-0.2, -0.15) is 5.10 Å². The van der Waals surface area contributed by atoms with Crippen molar-refractivity contribution < 1.29 is 4.79 Å². The second kappa shape index (κ2) is 4.14. The molecule has 2 heterocycles. The third-order valence-electron chi connectivity index (χ3n) is 3.27. The number of rotatable bonds is 1. The lowest BCUT2D eigenvalue weighted by Gasteiger charge is -2.23. The smallest absolute Gasteiger partial charge is 0.226 e. The van der Waals surface area contributed by atoms with Crippen LogP contribution in [0.25, 0.3) is 0 Å². The molecule has 92 valence electrons. The molecule has 0 saturated carbocycles. The molecule has 1 aromatic carbocycles. The van der Waals surface area contributed by atoms with E-state index in [1.165, 1.54) is 0 Å². The first-order chi connectivity index (χ1) is 8.66. The minimum Gasteiger partial charge on any atom is -0.309 e. The average molecular weight is 262 g/mol. The summed E-state index contributed by atoms with van der Waals surface area (Å²) >= 11 is 6.23. The maximum Gasteiger partial charge on any atom is 0.226 e. The van der Waals surface area contributed by atoms with Crippen LogP contribution in [0, 0.1) is 6.92 Å². The van der Waals surface area contributed by atoms with Gasteiger partial charge in [0.2, 0.25) is 5.91 Å². The van der Waals surface area contributed by atoms with Crippen molar-refractivity contribution in [2.24, 2.45) is 0 Å². The Hall–Kier alpha value is -1.81. The van der Waals surface area contributed by atoms with E-state index in [4.69, 9.17) is 11.6 Å². The van der Waals surface area contributed by atoms with Gasteiger partial charge >= 0.3 is 0 Å². The van der Waals surface area contributed by atoms with E-state index in [2.05, 4.69) is 15.5 Å². The van der Waals surface area contributed by atoms with Gasteiger partial charge in [-0.05, 0) is 18.6 Å². The number of anilines is 1. The Morgan fingerprint density at radius 1 is 1.39 bits per heavy atom. The number of hydrogen-bond donors (Lipinski definition) is 2. The van der Waals surface area contributed by atoms with E-state index < -0.39 is 0 Å². The number of nitrogens with zero attached hydrogens (tertiary/aromatic N) is 1. The van der Waals surface area contributed by atoms with Crippen molar-refractivity contribution in [1.82, 2.24) is 10.2 Å². The molecular weight excluding hydrogens is 250 g/mol. The number of fused-ring (bicyclic) bond motifs is 1. The fourth-order valence-corrected chi connectivity index (χ4v) is 2.72. The van der Waals surface area contributed by atoms with E-state index >= 15 is 0 Å². The summed E-state index contributed by atoms with van der Waals surface area (Å²) in [6.07, 6.45) is 0.400. The predicted octanol–water partition coefficient (Wildman–Crippen LogP) is 2.85. The van der Waals surface area contributed by atoms with Crippen molar-refractivity contribution in [2.75, 3.05) is 5.32 Å². The summed E-state index contributed by atoms with van der Waals surface area (Å²) in [4.78, 5) is 11.7. The number of aromatic amines is 1. The van der Waals surface area contributed by atoms with E-state index in [1.807, 2.05) is 31.2 Å². The lowest BCUT2D eigenvalue weighted by Crippen LogP contribution is -2.23. The van der Waals surface area contributed by atoms with Crippen molar-refractivity contribution in [3.8, 4) is 0 Å². The normalized spacial score (nSPS) is 18.3. The van der Waals surface area contributed by atoms with Crippen LogP contribution in [0.4, 0.5) is 5.82 Å². The van der Waals surface area contributed by atoms with Gasteiger partial charge in [0.25, 0.3) is 0 Å². The first-order valence-corrected chi connectivity index (χ1v) is 6.13.